The number of benzene rings is 2. The van der Waals surface area contributed by atoms with Gasteiger partial charge >= 0.3 is 0 Å². The van der Waals surface area contributed by atoms with E-state index in [1.54, 1.807) is 14.2 Å². The summed E-state index contributed by atoms with van der Waals surface area (Å²) in [5.41, 5.74) is 3.71. The maximum absolute atomic E-state index is 13.2. The lowest BCUT2D eigenvalue weighted by Gasteiger charge is -2.38. The quantitative estimate of drug-likeness (QED) is 0.774. The molecule has 1 N–H and O–H groups in total. The lowest BCUT2D eigenvalue weighted by Crippen LogP contribution is -2.48. The Balaban J connectivity index is 1.22. The molecular weight excluding hydrogens is 388 g/mol. The molecule has 2 fully saturated rings. The molecule has 0 spiro atoms. The molecule has 31 heavy (non-hydrogen) atoms. The Morgan fingerprint density at radius 1 is 0.935 bits per heavy atom. The Morgan fingerprint density at radius 2 is 1.52 bits per heavy atom. The average Bonchev–Trinajstić information content (AvgIpc) is 3.30. The van der Waals surface area contributed by atoms with Crippen LogP contribution in [0, 0.1) is 5.92 Å². The number of rotatable bonds is 6. The van der Waals surface area contributed by atoms with E-state index in [0.29, 0.717) is 12.1 Å². The fourth-order valence-electron chi connectivity index (χ4n) is 6.01. The Kier molecular flexibility index (Phi) is 5.61. The van der Waals surface area contributed by atoms with Gasteiger partial charge in [-0.1, -0.05) is 30.3 Å². The lowest BCUT2D eigenvalue weighted by molar-refractivity contribution is -0.128. The van der Waals surface area contributed by atoms with Gasteiger partial charge in [0.1, 0.15) is 11.5 Å². The molecule has 0 saturated carbocycles. The number of ether oxygens (including phenoxy) is 2. The van der Waals surface area contributed by atoms with Gasteiger partial charge in [-0.05, 0) is 56.2 Å². The molecule has 2 aromatic carbocycles. The number of carbonyl (C=O) groups excluding carboxylic acids is 1. The van der Waals surface area contributed by atoms with Gasteiger partial charge in [-0.2, -0.15) is 0 Å². The summed E-state index contributed by atoms with van der Waals surface area (Å²) < 4.78 is 11.1. The van der Waals surface area contributed by atoms with E-state index < -0.39 is 0 Å². The van der Waals surface area contributed by atoms with Crippen molar-refractivity contribution in [2.75, 3.05) is 14.2 Å². The molecule has 2 unspecified atom stereocenters. The summed E-state index contributed by atoms with van der Waals surface area (Å²) in [7, 11) is 3.40. The van der Waals surface area contributed by atoms with Gasteiger partial charge in [-0.15, -0.1) is 0 Å². The van der Waals surface area contributed by atoms with Crippen LogP contribution in [-0.2, 0) is 24.2 Å². The molecule has 3 aliphatic rings. The highest BCUT2D eigenvalue weighted by molar-refractivity contribution is 5.79. The highest BCUT2D eigenvalue weighted by atomic mass is 16.5. The molecule has 164 valence electrons. The van der Waals surface area contributed by atoms with E-state index in [1.165, 1.54) is 29.5 Å². The van der Waals surface area contributed by atoms with Gasteiger partial charge in [0.05, 0.1) is 14.2 Å². The maximum atomic E-state index is 13.2. The fourth-order valence-corrected chi connectivity index (χ4v) is 6.01. The third-order valence-corrected chi connectivity index (χ3v) is 7.50. The summed E-state index contributed by atoms with van der Waals surface area (Å²) in [5, 5.41) is 3.36. The topological polar surface area (TPSA) is 50.8 Å². The molecule has 1 aliphatic carbocycles. The van der Waals surface area contributed by atoms with Gasteiger partial charge in [0.25, 0.3) is 0 Å². The van der Waals surface area contributed by atoms with Crippen LogP contribution in [0.3, 0.4) is 0 Å². The average molecular weight is 421 g/mol. The van der Waals surface area contributed by atoms with Crippen LogP contribution in [0.15, 0.2) is 42.5 Å². The number of methoxy groups -OCH3 is 2. The highest BCUT2D eigenvalue weighted by Crippen LogP contribution is 2.41. The number of carbonyl (C=O) groups is 1. The smallest absolute Gasteiger partial charge is 0.223 e. The van der Waals surface area contributed by atoms with Crippen molar-refractivity contribution in [1.29, 1.82) is 0 Å². The minimum atomic E-state index is 0.118. The number of amides is 1. The van der Waals surface area contributed by atoms with E-state index in [-0.39, 0.29) is 17.9 Å². The van der Waals surface area contributed by atoms with Crippen LogP contribution in [0.25, 0.3) is 0 Å². The van der Waals surface area contributed by atoms with Crippen LogP contribution in [0.4, 0.5) is 0 Å². The van der Waals surface area contributed by atoms with Gasteiger partial charge in [0, 0.05) is 41.7 Å². The van der Waals surface area contributed by atoms with Crippen LogP contribution in [-0.4, -0.2) is 43.2 Å². The van der Waals surface area contributed by atoms with Crippen molar-refractivity contribution in [2.24, 2.45) is 5.92 Å². The minimum Gasteiger partial charge on any atom is -0.496 e. The number of piperidine rings is 1. The summed E-state index contributed by atoms with van der Waals surface area (Å²) >= 11 is 0. The van der Waals surface area contributed by atoms with Gasteiger partial charge < -0.3 is 14.8 Å². The Labute approximate surface area is 184 Å². The normalized spacial score (nSPS) is 25.3. The highest BCUT2D eigenvalue weighted by Gasteiger charge is 2.43. The van der Waals surface area contributed by atoms with Crippen molar-refractivity contribution in [3.63, 3.8) is 0 Å². The number of hydrogen-bond acceptors (Lipinski definition) is 4. The van der Waals surface area contributed by atoms with E-state index in [0.717, 1.165) is 43.7 Å². The first kappa shape index (κ1) is 20.4. The predicted octanol–water partition coefficient (Wildman–Crippen LogP) is 3.73. The van der Waals surface area contributed by atoms with Crippen molar-refractivity contribution in [1.82, 2.24) is 10.2 Å². The van der Waals surface area contributed by atoms with Gasteiger partial charge in [-0.3, -0.25) is 9.69 Å². The zero-order valence-corrected chi connectivity index (χ0v) is 18.5. The monoisotopic (exact) mass is 420 g/mol. The molecule has 0 radical (unpaired) electrons. The molecule has 2 atom stereocenters. The number of nitrogens with zero attached hydrogens (tertiary/aromatic N) is 1. The molecule has 2 aliphatic heterocycles. The summed E-state index contributed by atoms with van der Waals surface area (Å²) in [6.45, 7) is 1.00. The molecule has 2 saturated heterocycles. The molecule has 5 nitrogen and oxygen atoms in total. The number of hydrogen-bond donors (Lipinski definition) is 1. The first-order chi connectivity index (χ1) is 15.2. The van der Waals surface area contributed by atoms with Crippen LogP contribution < -0.4 is 14.8 Å². The van der Waals surface area contributed by atoms with E-state index in [4.69, 9.17) is 9.47 Å². The van der Waals surface area contributed by atoms with Crippen molar-refractivity contribution < 1.29 is 14.3 Å². The van der Waals surface area contributed by atoms with Crippen LogP contribution in [0.2, 0.25) is 0 Å². The SMILES string of the molecule is COc1ccc(OC)c2c1CC(NC(=O)C1CC3CCC(C1)N3Cc1ccccc1)C2. The number of fused-ring (bicyclic) bond motifs is 3. The minimum absolute atomic E-state index is 0.118. The second kappa shape index (κ2) is 8.54. The predicted molar refractivity (Wildman–Crippen MR) is 120 cm³/mol. The van der Waals surface area contributed by atoms with Gasteiger partial charge in [-0.25, -0.2) is 0 Å². The van der Waals surface area contributed by atoms with E-state index in [1.807, 2.05) is 12.1 Å². The van der Waals surface area contributed by atoms with Crippen LogP contribution in [0.1, 0.15) is 42.4 Å². The molecule has 2 bridgehead atoms. The first-order valence-corrected chi connectivity index (χ1v) is 11.5. The van der Waals surface area contributed by atoms with Crippen molar-refractivity contribution in [2.45, 2.75) is 63.2 Å². The van der Waals surface area contributed by atoms with E-state index >= 15 is 0 Å². The Hall–Kier alpha value is -2.53. The molecule has 2 heterocycles. The molecular formula is C26H32N2O3. The third-order valence-electron chi connectivity index (χ3n) is 7.50. The zero-order valence-electron chi connectivity index (χ0n) is 18.5. The summed E-state index contributed by atoms with van der Waals surface area (Å²) in [6.07, 6.45) is 5.99. The Bertz CT molecular complexity index is 898. The Morgan fingerprint density at radius 3 is 2.06 bits per heavy atom. The largest absolute Gasteiger partial charge is 0.496 e. The molecule has 1 amide bonds. The fraction of sp³-hybridized carbons (Fsp3) is 0.500. The second-order valence-corrected chi connectivity index (χ2v) is 9.25. The molecule has 0 aromatic heterocycles. The molecule has 2 aromatic rings. The second-order valence-electron chi connectivity index (χ2n) is 9.25. The summed E-state index contributed by atoms with van der Waals surface area (Å²) in [5.74, 6) is 2.13. The molecule has 5 heteroatoms. The zero-order chi connectivity index (χ0) is 21.4. The standard InChI is InChI=1S/C26H32N2O3/c1-30-24-10-11-25(31-2)23-15-19(14-22(23)24)27-26(29)18-12-20-8-9-21(13-18)28(20)16-17-6-4-3-5-7-17/h3-7,10-11,18-21H,8-9,12-16H2,1-2H3,(H,27,29). The summed E-state index contributed by atoms with van der Waals surface area (Å²) in [4.78, 5) is 15.8. The van der Waals surface area contributed by atoms with Crippen molar-refractivity contribution in [3.8, 4) is 11.5 Å². The van der Waals surface area contributed by atoms with Gasteiger partial charge in [0.2, 0.25) is 5.91 Å². The van der Waals surface area contributed by atoms with Crippen molar-refractivity contribution in [3.05, 3.63) is 59.2 Å². The lowest BCUT2D eigenvalue weighted by atomic mass is 9.89. The maximum Gasteiger partial charge on any atom is 0.223 e. The van der Waals surface area contributed by atoms with Gasteiger partial charge in [0.15, 0.2) is 0 Å². The third kappa shape index (κ3) is 3.91. The van der Waals surface area contributed by atoms with Crippen LogP contribution >= 0.6 is 0 Å². The van der Waals surface area contributed by atoms with Crippen molar-refractivity contribution >= 4 is 5.91 Å². The first-order valence-electron chi connectivity index (χ1n) is 11.5. The summed E-state index contributed by atoms with van der Waals surface area (Å²) in [6, 6.07) is 15.8. The van der Waals surface area contributed by atoms with Crippen LogP contribution in [0.5, 0.6) is 11.5 Å². The van der Waals surface area contributed by atoms with E-state index in [9.17, 15) is 4.79 Å². The molecule has 5 rings (SSSR count). The number of nitrogens with one attached hydrogen (secondary N) is 1. The van der Waals surface area contributed by atoms with E-state index in [2.05, 4.69) is 40.5 Å².